The summed E-state index contributed by atoms with van der Waals surface area (Å²) in [6, 6.07) is -3.34. The van der Waals surface area contributed by atoms with Gasteiger partial charge in [-0.25, -0.2) is 9.18 Å². The maximum atomic E-state index is 14.2. The van der Waals surface area contributed by atoms with Crippen molar-refractivity contribution in [3.63, 3.8) is 0 Å². The van der Waals surface area contributed by atoms with Gasteiger partial charge in [0, 0.05) is 0 Å². The zero-order chi connectivity index (χ0) is 35.5. The summed E-state index contributed by atoms with van der Waals surface area (Å²) in [7, 11) is 0. The number of rotatable bonds is 6. The number of halogens is 1. The molecule has 6 fully saturated rings. The number of amides is 4. The fraction of sp³-hybridized carbons (Fsp3) is 0.816. The first-order chi connectivity index (χ1) is 24.1. The van der Waals surface area contributed by atoms with Gasteiger partial charge in [0.2, 0.25) is 23.6 Å². The maximum Gasteiger partial charge on any atom is 0.326 e. The summed E-state index contributed by atoms with van der Waals surface area (Å²) in [6.07, 6.45) is 18.4. The molecule has 2 bridgehead atoms. The predicted molar refractivity (Wildman–Crippen MR) is 185 cm³/mol. The molecular formula is C38H59FN4O7. The van der Waals surface area contributed by atoms with Crippen molar-refractivity contribution in [2.45, 2.75) is 152 Å². The van der Waals surface area contributed by atoms with E-state index in [9.17, 15) is 33.5 Å². The molecule has 4 saturated carbocycles. The van der Waals surface area contributed by atoms with Gasteiger partial charge in [-0.3, -0.25) is 19.2 Å². The van der Waals surface area contributed by atoms with E-state index in [1.807, 2.05) is 0 Å². The number of carbonyl (C=O) groups is 5. The molecular weight excluding hydrogens is 643 g/mol. The summed E-state index contributed by atoms with van der Waals surface area (Å²) < 4.78 is 20.0. The van der Waals surface area contributed by atoms with Gasteiger partial charge in [-0.1, -0.05) is 57.1 Å². The number of allylic oxidation sites excluding steroid dienone is 1. The van der Waals surface area contributed by atoms with Gasteiger partial charge in [0.15, 0.2) is 0 Å². The SMILES string of the molecule is O=C1COC2CCC(CC2)CC(C(=O)O)NC(=O)C(C=CC2CCCC(F)C2)NC(=O)C(CC2CCC(C3CCCCC3)CC2)NC(=O)CN1. The van der Waals surface area contributed by atoms with Crippen LogP contribution in [-0.4, -0.2) is 78.3 Å². The molecule has 12 heteroatoms. The van der Waals surface area contributed by atoms with Crippen LogP contribution in [0, 0.1) is 29.6 Å². The van der Waals surface area contributed by atoms with Crippen LogP contribution in [0.25, 0.3) is 0 Å². The number of fused-ring (bicyclic) bond motifs is 16. The summed E-state index contributed by atoms with van der Waals surface area (Å²) in [5.41, 5.74) is 0. The van der Waals surface area contributed by atoms with Crippen LogP contribution in [0.5, 0.6) is 0 Å². The average molecular weight is 703 g/mol. The van der Waals surface area contributed by atoms with Crippen LogP contribution in [0.2, 0.25) is 0 Å². The van der Waals surface area contributed by atoms with Gasteiger partial charge in [0.25, 0.3) is 0 Å². The lowest BCUT2D eigenvalue weighted by Gasteiger charge is -2.36. The Kier molecular flexibility index (Phi) is 14.5. The first kappa shape index (κ1) is 38.2. The van der Waals surface area contributed by atoms with Crippen molar-refractivity contribution >= 4 is 29.6 Å². The molecule has 0 aromatic carbocycles. The van der Waals surface area contributed by atoms with Crippen molar-refractivity contribution in [2.24, 2.45) is 29.6 Å². The number of aliphatic carboxylic acids is 1. The van der Waals surface area contributed by atoms with E-state index in [-0.39, 0.29) is 43.4 Å². The van der Waals surface area contributed by atoms with Crippen LogP contribution in [0.3, 0.4) is 0 Å². The molecule has 5 unspecified atom stereocenters. The first-order valence-electron chi connectivity index (χ1n) is 19.5. The highest BCUT2D eigenvalue weighted by atomic mass is 19.1. The fourth-order valence-electron chi connectivity index (χ4n) is 9.15. The van der Waals surface area contributed by atoms with Crippen LogP contribution in [0.15, 0.2) is 12.2 Å². The Morgan fingerprint density at radius 3 is 2.16 bits per heavy atom. The fourth-order valence-corrected chi connectivity index (χ4v) is 9.15. The third kappa shape index (κ3) is 11.8. The lowest BCUT2D eigenvalue weighted by molar-refractivity contribution is -0.142. The number of nitrogens with one attached hydrogen (secondary N) is 4. The molecule has 2 saturated heterocycles. The molecule has 4 aliphatic carbocycles. The van der Waals surface area contributed by atoms with Crippen molar-refractivity contribution in [3.05, 3.63) is 12.2 Å². The number of carboxylic acid groups (broad SMARTS) is 1. The Morgan fingerprint density at radius 2 is 1.46 bits per heavy atom. The Labute approximate surface area is 296 Å². The highest BCUT2D eigenvalue weighted by molar-refractivity contribution is 5.95. The molecule has 6 aliphatic rings. The third-order valence-electron chi connectivity index (χ3n) is 12.1. The van der Waals surface area contributed by atoms with E-state index in [1.54, 1.807) is 12.2 Å². The van der Waals surface area contributed by atoms with Crippen LogP contribution >= 0.6 is 0 Å². The van der Waals surface area contributed by atoms with E-state index in [4.69, 9.17) is 4.74 Å². The summed E-state index contributed by atoms with van der Waals surface area (Å²) in [6.45, 7) is -0.508. The Balaban J connectivity index is 1.33. The monoisotopic (exact) mass is 702 g/mol. The number of hydrogen-bond donors (Lipinski definition) is 5. The molecule has 4 amide bonds. The number of alkyl halides is 1. The second-order valence-corrected chi connectivity index (χ2v) is 15.8. The molecule has 5 N–H and O–H groups in total. The van der Waals surface area contributed by atoms with Crippen molar-refractivity contribution in [3.8, 4) is 0 Å². The zero-order valence-electron chi connectivity index (χ0n) is 29.6. The van der Waals surface area contributed by atoms with Gasteiger partial charge in [-0.15, -0.1) is 0 Å². The van der Waals surface area contributed by atoms with Gasteiger partial charge in [-0.2, -0.15) is 0 Å². The minimum atomic E-state index is -1.21. The predicted octanol–water partition coefficient (Wildman–Crippen LogP) is 4.48. The molecule has 6 rings (SSSR count). The van der Waals surface area contributed by atoms with Gasteiger partial charge < -0.3 is 31.1 Å². The first-order valence-corrected chi connectivity index (χ1v) is 19.5. The smallest absolute Gasteiger partial charge is 0.326 e. The van der Waals surface area contributed by atoms with Crippen molar-refractivity contribution in [1.29, 1.82) is 0 Å². The van der Waals surface area contributed by atoms with E-state index in [0.29, 0.717) is 50.9 Å². The van der Waals surface area contributed by atoms with Crippen molar-refractivity contribution in [2.75, 3.05) is 13.2 Å². The number of carbonyl (C=O) groups excluding carboxylic acids is 4. The summed E-state index contributed by atoms with van der Waals surface area (Å²) in [5, 5.41) is 21.0. The summed E-state index contributed by atoms with van der Waals surface area (Å²) >= 11 is 0. The van der Waals surface area contributed by atoms with Crippen LogP contribution in [0.1, 0.15) is 122 Å². The number of carboxylic acids is 1. The van der Waals surface area contributed by atoms with Crippen LogP contribution in [0.4, 0.5) is 4.39 Å². The quantitative estimate of drug-likeness (QED) is 0.201. The second kappa shape index (κ2) is 19.0. The Hall–Kier alpha value is -3.02. The summed E-state index contributed by atoms with van der Waals surface area (Å²) in [5.74, 6) is -1.71. The van der Waals surface area contributed by atoms with Crippen molar-refractivity contribution in [1.82, 2.24) is 21.3 Å². The topological polar surface area (TPSA) is 163 Å². The van der Waals surface area contributed by atoms with Gasteiger partial charge in [0.1, 0.15) is 30.9 Å². The van der Waals surface area contributed by atoms with E-state index in [0.717, 1.165) is 44.4 Å². The maximum absolute atomic E-state index is 14.2. The molecule has 2 aliphatic heterocycles. The number of hydrogen-bond acceptors (Lipinski definition) is 6. The molecule has 280 valence electrons. The third-order valence-corrected chi connectivity index (χ3v) is 12.1. The molecule has 0 spiro atoms. The summed E-state index contributed by atoms with van der Waals surface area (Å²) in [4.78, 5) is 65.8. The Morgan fingerprint density at radius 1 is 0.740 bits per heavy atom. The van der Waals surface area contributed by atoms with E-state index < -0.39 is 53.9 Å². The van der Waals surface area contributed by atoms with Gasteiger partial charge >= 0.3 is 5.97 Å². The largest absolute Gasteiger partial charge is 0.480 e. The van der Waals surface area contributed by atoms with E-state index in [1.165, 1.54) is 32.1 Å². The zero-order valence-corrected chi connectivity index (χ0v) is 29.6. The van der Waals surface area contributed by atoms with Crippen LogP contribution < -0.4 is 21.3 Å². The average Bonchev–Trinajstić information content (AvgIpc) is 3.11. The lowest BCUT2D eigenvalue weighted by atomic mass is 9.70. The highest BCUT2D eigenvalue weighted by Gasteiger charge is 2.35. The van der Waals surface area contributed by atoms with Crippen LogP contribution in [-0.2, 0) is 28.7 Å². The molecule has 11 nitrogen and oxygen atoms in total. The van der Waals surface area contributed by atoms with E-state index in [2.05, 4.69) is 21.3 Å². The molecule has 50 heavy (non-hydrogen) atoms. The highest BCUT2D eigenvalue weighted by Crippen LogP contribution is 2.41. The second-order valence-electron chi connectivity index (χ2n) is 15.8. The van der Waals surface area contributed by atoms with Gasteiger partial charge in [-0.05, 0) is 107 Å². The van der Waals surface area contributed by atoms with E-state index >= 15 is 0 Å². The molecule has 2 heterocycles. The molecule has 5 atom stereocenters. The Bertz CT molecular complexity index is 1190. The normalized spacial score (nSPS) is 36.3. The molecule has 0 aromatic rings. The lowest BCUT2D eigenvalue weighted by Crippen LogP contribution is -2.56. The standard InChI is InChI=1S/C38H59FN4O7/c39-29-8-4-5-24(19-29)13-18-31-36(46)43-33(38(48)49)21-26-11-16-30(17-12-26)50-23-35(45)40-22-34(44)41-32(37(47)42-31)20-25-9-14-28(15-10-25)27-6-2-1-3-7-27/h13,18,24-33H,1-12,14-17,19-23H2,(H,40,45)(H,41,44)(H,42,47)(H,43,46)(H,48,49). The molecule has 0 radical (unpaired) electrons. The van der Waals surface area contributed by atoms with Crippen molar-refractivity contribution < 1.29 is 38.2 Å². The molecule has 0 aromatic heterocycles. The minimum absolute atomic E-state index is 0.0406. The minimum Gasteiger partial charge on any atom is -0.480 e. The van der Waals surface area contributed by atoms with Gasteiger partial charge in [0.05, 0.1) is 12.6 Å². The number of ether oxygens (including phenoxy) is 1.